The lowest BCUT2D eigenvalue weighted by Crippen LogP contribution is -2.21. The number of unbranched alkanes of at least 4 members (excludes halogenated alkanes) is 3. The van der Waals surface area contributed by atoms with Gasteiger partial charge in [0.2, 0.25) is 0 Å². The smallest absolute Gasteiger partial charge is 0.339 e. The Balaban J connectivity index is 1.91. The summed E-state index contributed by atoms with van der Waals surface area (Å²) in [6.45, 7) is 4.24. The van der Waals surface area contributed by atoms with Gasteiger partial charge in [-0.1, -0.05) is 26.2 Å². The van der Waals surface area contributed by atoms with E-state index in [4.69, 9.17) is 13.9 Å². The number of methoxy groups -OCH3 is 1. The van der Waals surface area contributed by atoms with Crippen molar-refractivity contribution in [2.45, 2.75) is 71.3 Å². The van der Waals surface area contributed by atoms with Gasteiger partial charge in [0.05, 0.1) is 18.6 Å². The lowest BCUT2D eigenvalue weighted by Gasteiger charge is -2.19. The number of ketones is 1. The molecule has 146 valence electrons. The van der Waals surface area contributed by atoms with Crippen LogP contribution in [0.15, 0.2) is 21.3 Å². The van der Waals surface area contributed by atoms with Crippen molar-refractivity contribution in [3.05, 3.63) is 33.7 Å². The average Bonchev–Trinajstić information content (AvgIpc) is 2.64. The molecule has 0 spiro atoms. The number of carbonyl (C=O) groups excluding carboxylic acids is 1. The van der Waals surface area contributed by atoms with E-state index >= 15 is 0 Å². The summed E-state index contributed by atoms with van der Waals surface area (Å²) >= 11 is 0. The maximum absolute atomic E-state index is 12.4. The third kappa shape index (κ3) is 4.34. The van der Waals surface area contributed by atoms with Crippen LogP contribution in [-0.2, 0) is 17.6 Å². The van der Waals surface area contributed by atoms with Crippen LogP contribution < -0.4 is 15.1 Å². The highest BCUT2D eigenvalue weighted by molar-refractivity contribution is 5.94. The van der Waals surface area contributed by atoms with Crippen LogP contribution in [0.4, 0.5) is 0 Å². The van der Waals surface area contributed by atoms with E-state index in [-0.39, 0.29) is 23.9 Å². The first kappa shape index (κ1) is 19.5. The molecule has 0 fully saturated rings. The van der Waals surface area contributed by atoms with Crippen molar-refractivity contribution in [2.75, 3.05) is 7.11 Å². The second kappa shape index (κ2) is 8.59. The largest absolute Gasteiger partial charge is 0.496 e. The number of fused-ring (bicyclic) bond motifs is 3. The average molecular weight is 372 g/mol. The molecule has 5 nitrogen and oxygen atoms in total. The number of rotatable bonds is 8. The van der Waals surface area contributed by atoms with E-state index in [1.807, 2.05) is 13.0 Å². The van der Waals surface area contributed by atoms with Gasteiger partial charge in [0.25, 0.3) is 0 Å². The fraction of sp³-hybridized carbons (Fsp3) is 0.545. The van der Waals surface area contributed by atoms with E-state index in [2.05, 4.69) is 6.92 Å². The zero-order valence-corrected chi connectivity index (χ0v) is 16.4. The molecule has 0 saturated carbocycles. The van der Waals surface area contributed by atoms with Crippen LogP contribution in [0.25, 0.3) is 11.0 Å². The Bertz CT molecular complexity index is 880. The molecule has 3 rings (SSSR count). The Kier molecular flexibility index (Phi) is 6.19. The standard InChI is InChI=1S/C22H28O5/c1-4-5-6-7-8-14(2)26-16-12-19(25-3)21-18-11-15(23)9-10-17(18)22(24)27-20(21)13-16/h12-14H,4-11H2,1-3H3. The molecule has 1 aromatic heterocycles. The van der Waals surface area contributed by atoms with Crippen molar-refractivity contribution < 1.29 is 18.7 Å². The molecule has 0 amide bonds. The molecule has 1 aliphatic rings. The summed E-state index contributed by atoms with van der Waals surface area (Å²) in [5.41, 5.74) is 1.39. The molecule has 1 aliphatic carbocycles. The van der Waals surface area contributed by atoms with Crippen LogP contribution in [0.1, 0.15) is 63.5 Å². The zero-order chi connectivity index (χ0) is 19.4. The van der Waals surface area contributed by atoms with Crippen molar-refractivity contribution in [2.24, 2.45) is 0 Å². The SMILES string of the molecule is CCCCCCC(C)Oc1cc(OC)c2c3c(c(=O)oc2c1)CCC(=O)C3. The summed E-state index contributed by atoms with van der Waals surface area (Å²) in [6.07, 6.45) is 6.91. The van der Waals surface area contributed by atoms with E-state index in [1.165, 1.54) is 19.3 Å². The zero-order valence-electron chi connectivity index (χ0n) is 16.4. The second-order valence-electron chi connectivity index (χ2n) is 7.34. The van der Waals surface area contributed by atoms with Crippen LogP contribution in [0.2, 0.25) is 0 Å². The first-order valence-electron chi connectivity index (χ1n) is 9.88. The summed E-state index contributed by atoms with van der Waals surface area (Å²) in [4.78, 5) is 24.3. The van der Waals surface area contributed by atoms with Gasteiger partial charge < -0.3 is 13.9 Å². The minimum absolute atomic E-state index is 0.0648. The van der Waals surface area contributed by atoms with Crippen LogP contribution in [0.3, 0.4) is 0 Å². The third-order valence-corrected chi connectivity index (χ3v) is 5.20. The number of Topliss-reactive ketones (excluding diaryl/α,β-unsaturated/α-hetero) is 1. The molecule has 0 bridgehead atoms. The highest BCUT2D eigenvalue weighted by Gasteiger charge is 2.25. The molecule has 1 aromatic carbocycles. The normalized spacial score (nSPS) is 14.9. The maximum atomic E-state index is 12.4. The summed E-state index contributed by atoms with van der Waals surface area (Å²) in [5, 5.41) is 0.711. The number of carbonyl (C=O) groups is 1. The molecule has 0 saturated heterocycles. The van der Waals surface area contributed by atoms with E-state index in [9.17, 15) is 9.59 Å². The van der Waals surface area contributed by atoms with Gasteiger partial charge in [0, 0.05) is 30.5 Å². The van der Waals surface area contributed by atoms with Crippen LogP contribution >= 0.6 is 0 Å². The number of hydrogen-bond acceptors (Lipinski definition) is 5. The Morgan fingerprint density at radius 3 is 2.67 bits per heavy atom. The number of hydrogen-bond donors (Lipinski definition) is 0. The molecule has 0 N–H and O–H groups in total. The molecule has 0 aliphatic heterocycles. The molecular formula is C22H28O5. The van der Waals surface area contributed by atoms with E-state index in [1.54, 1.807) is 13.2 Å². The predicted molar refractivity (Wildman–Crippen MR) is 105 cm³/mol. The van der Waals surface area contributed by atoms with E-state index in [0.29, 0.717) is 40.9 Å². The Morgan fingerprint density at radius 1 is 1.11 bits per heavy atom. The minimum Gasteiger partial charge on any atom is -0.496 e. The highest BCUT2D eigenvalue weighted by atomic mass is 16.5. The molecule has 1 atom stereocenters. The molecule has 5 heteroatoms. The molecule has 27 heavy (non-hydrogen) atoms. The molecule has 1 heterocycles. The van der Waals surface area contributed by atoms with Crippen molar-refractivity contribution in [3.63, 3.8) is 0 Å². The fourth-order valence-electron chi connectivity index (χ4n) is 3.76. The predicted octanol–water partition coefficient (Wildman–Crippen LogP) is 4.60. The van der Waals surface area contributed by atoms with E-state index in [0.717, 1.165) is 18.4 Å². The maximum Gasteiger partial charge on any atom is 0.339 e. The van der Waals surface area contributed by atoms with Crippen molar-refractivity contribution in [3.8, 4) is 11.5 Å². The van der Waals surface area contributed by atoms with Crippen LogP contribution in [0.5, 0.6) is 11.5 Å². The third-order valence-electron chi connectivity index (χ3n) is 5.20. The summed E-state index contributed by atoms with van der Waals surface area (Å²) in [7, 11) is 1.58. The van der Waals surface area contributed by atoms with Gasteiger partial charge in [-0.15, -0.1) is 0 Å². The van der Waals surface area contributed by atoms with Crippen LogP contribution in [-0.4, -0.2) is 19.0 Å². The summed E-state index contributed by atoms with van der Waals surface area (Å²) in [5.74, 6) is 1.33. The monoisotopic (exact) mass is 372 g/mol. The Hall–Kier alpha value is -2.30. The van der Waals surface area contributed by atoms with E-state index < -0.39 is 0 Å². The van der Waals surface area contributed by atoms with Crippen LogP contribution in [0, 0.1) is 0 Å². The van der Waals surface area contributed by atoms with Gasteiger partial charge >= 0.3 is 5.63 Å². The lowest BCUT2D eigenvalue weighted by atomic mass is 9.89. The summed E-state index contributed by atoms with van der Waals surface area (Å²) in [6, 6.07) is 3.56. The minimum atomic E-state index is -0.364. The Morgan fingerprint density at radius 2 is 1.93 bits per heavy atom. The molecule has 2 aromatic rings. The first-order chi connectivity index (χ1) is 13.0. The van der Waals surface area contributed by atoms with Crippen molar-refractivity contribution in [1.82, 2.24) is 0 Å². The second-order valence-corrected chi connectivity index (χ2v) is 7.34. The quantitative estimate of drug-likeness (QED) is 0.500. The van der Waals surface area contributed by atoms with Gasteiger partial charge in [-0.25, -0.2) is 4.79 Å². The van der Waals surface area contributed by atoms with Crippen molar-refractivity contribution in [1.29, 1.82) is 0 Å². The van der Waals surface area contributed by atoms with Gasteiger partial charge in [-0.2, -0.15) is 0 Å². The first-order valence-corrected chi connectivity index (χ1v) is 9.88. The topological polar surface area (TPSA) is 65.7 Å². The fourth-order valence-corrected chi connectivity index (χ4v) is 3.76. The Labute approximate surface area is 159 Å². The van der Waals surface area contributed by atoms with Gasteiger partial charge in [0.1, 0.15) is 22.9 Å². The van der Waals surface area contributed by atoms with Crippen molar-refractivity contribution >= 4 is 16.8 Å². The number of ether oxygens (including phenoxy) is 2. The summed E-state index contributed by atoms with van der Waals surface area (Å²) < 4.78 is 17.1. The molecular weight excluding hydrogens is 344 g/mol. The number of benzene rings is 1. The molecule has 0 radical (unpaired) electrons. The van der Waals surface area contributed by atoms with Gasteiger partial charge in [0.15, 0.2) is 0 Å². The molecule has 1 unspecified atom stereocenters. The van der Waals surface area contributed by atoms with Gasteiger partial charge in [-0.05, 0) is 31.7 Å². The lowest BCUT2D eigenvalue weighted by molar-refractivity contribution is -0.118. The highest BCUT2D eigenvalue weighted by Crippen LogP contribution is 2.36. The van der Waals surface area contributed by atoms with Gasteiger partial charge in [-0.3, -0.25) is 4.79 Å².